The molecule has 8 heteroatoms. The van der Waals surface area contributed by atoms with Crippen LogP contribution >= 0.6 is 11.8 Å². The Kier molecular flexibility index (Phi) is 5.23. The van der Waals surface area contributed by atoms with Crippen molar-refractivity contribution >= 4 is 28.4 Å². The number of fused-ring (bicyclic) bond motifs is 1. The zero-order chi connectivity index (χ0) is 20.4. The van der Waals surface area contributed by atoms with E-state index >= 15 is 0 Å². The fourth-order valence-electron chi connectivity index (χ4n) is 3.32. The lowest BCUT2D eigenvalue weighted by atomic mass is 10.1. The van der Waals surface area contributed by atoms with E-state index in [0.717, 1.165) is 22.2 Å². The Balaban J connectivity index is 1.55. The van der Waals surface area contributed by atoms with Gasteiger partial charge in [0.15, 0.2) is 16.8 Å². The fraction of sp³-hybridized carbons (Fsp3) is 0.238. The SMILES string of the molecule is Cc1occc1-c1nnc(SCC(=O)c2cn(CCC#N)c3ccccc23)n1C. The number of hydrogen-bond donors (Lipinski definition) is 0. The first-order valence-electron chi connectivity index (χ1n) is 9.15. The van der Waals surface area contributed by atoms with Gasteiger partial charge in [0.05, 0.1) is 30.1 Å². The lowest BCUT2D eigenvalue weighted by molar-refractivity contribution is 0.102. The van der Waals surface area contributed by atoms with E-state index in [2.05, 4.69) is 16.3 Å². The molecule has 0 spiro atoms. The van der Waals surface area contributed by atoms with Gasteiger partial charge in [0, 0.05) is 36.3 Å². The van der Waals surface area contributed by atoms with Crippen molar-refractivity contribution in [3.8, 4) is 17.5 Å². The van der Waals surface area contributed by atoms with Gasteiger partial charge in [-0.1, -0.05) is 30.0 Å². The molecule has 4 rings (SSSR count). The van der Waals surface area contributed by atoms with Gasteiger partial charge in [-0.15, -0.1) is 10.2 Å². The van der Waals surface area contributed by atoms with Crippen LogP contribution in [-0.4, -0.2) is 30.9 Å². The van der Waals surface area contributed by atoms with E-state index in [9.17, 15) is 4.79 Å². The van der Waals surface area contributed by atoms with Crippen LogP contribution in [0.25, 0.3) is 22.3 Å². The second-order valence-corrected chi connectivity index (χ2v) is 7.57. The Morgan fingerprint density at radius 3 is 2.86 bits per heavy atom. The highest BCUT2D eigenvalue weighted by Gasteiger charge is 2.18. The number of benzene rings is 1. The molecule has 3 aromatic heterocycles. The lowest BCUT2D eigenvalue weighted by Crippen LogP contribution is -2.04. The number of aryl methyl sites for hydroxylation is 2. The molecule has 0 N–H and O–H groups in total. The van der Waals surface area contributed by atoms with E-state index in [1.165, 1.54) is 11.8 Å². The average molecular weight is 405 g/mol. The third-order valence-corrected chi connectivity index (χ3v) is 5.84. The van der Waals surface area contributed by atoms with Crippen LogP contribution in [0.3, 0.4) is 0 Å². The number of nitriles is 1. The molecule has 0 atom stereocenters. The number of hydrogen-bond acceptors (Lipinski definition) is 6. The van der Waals surface area contributed by atoms with E-state index in [1.54, 1.807) is 6.26 Å². The van der Waals surface area contributed by atoms with Crippen LogP contribution in [0.5, 0.6) is 0 Å². The van der Waals surface area contributed by atoms with Crippen LogP contribution in [-0.2, 0) is 13.6 Å². The van der Waals surface area contributed by atoms with Gasteiger partial charge in [0.1, 0.15) is 5.76 Å². The predicted molar refractivity (Wildman–Crippen MR) is 111 cm³/mol. The maximum atomic E-state index is 12.9. The summed E-state index contributed by atoms with van der Waals surface area (Å²) in [5, 5.41) is 18.9. The first-order chi connectivity index (χ1) is 14.1. The van der Waals surface area contributed by atoms with Crippen molar-refractivity contribution in [3.05, 3.63) is 54.1 Å². The van der Waals surface area contributed by atoms with Crippen molar-refractivity contribution in [1.82, 2.24) is 19.3 Å². The van der Waals surface area contributed by atoms with Crippen molar-refractivity contribution in [2.75, 3.05) is 5.75 Å². The molecule has 0 unspecified atom stereocenters. The number of rotatable bonds is 7. The summed E-state index contributed by atoms with van der Waals surface area (Å²) in [5.74, 6) is 1.76. The Hall–Kier alpha value is -3.31. The summed E-state index contributed by atoms with van der Waals surface area (Å²) in [6.45, 7) is 2.44. The number of furan rings is 1. The summed E-state index contributed by atoms with van der Waals surface area (Å²) < 4.78 is 9.18. The van der Waals surface area contributed by atoms with Crippen molar-refractivity contribution in [3.63, 3.8) is 0 Å². The molecular formula is C21H19N5O2S. The van der Waals surface area contributed by atoms with E-state index in [0.29, 0.717) is 29.5 Å². The molecule has 0 radical (unpaired) electrons. The fourth-order valence-corrected chi connectivity index (χ4v) is 4.12. The third-order valence-electron chi connectivity index (χ3n) is 4.82. The minimum absolute atomic E-state index is 0.0194. The minimum Gasteiger partial charge on any atom is -0.469 e. The molecule has 1 aromatic carbocycles. The molecule has 0 bridgehead atoms. The van der Waals surface area contributed by atoms with Gasteiger partial charge >= 0.3 is 0 Å². The molecule has 3 heterocycles. The molecule has 29 heavy (non-hydrogen) atoms. The standard InChI is InChI=1S/C21H19N5O2S/c1-14-15(8-11-28-14)20-23-24-21(25(20)2)29-13-19(27)17-12-26(10-5-9-22)18-7-4-3-6-16(17)18/h3-4,6-8,11-12H,5,10,13H2,1-2H3. The average Bonchev–Trinajstić information content (AvgIpc) is 3.42. The molecule has 0 aliphatic carbocycles. The molecule has 0 aliphatic heterocycles. The minimum atomic E-state index is 0.0194. The summed E-state index contributed by atoms with van der Waals surface area (Å²) >= 11 is 1.36. The van der Waals surface area contributed by atoms with Crippen LogP contribution in [0.15, 0.2) is 52.4 Å². The van der Waals surface area contributed by atoms with Gasteiger partial charge in [-0.05, 0) is 19.1 Å². The van der Waals surface area contributed by atoms with E-state index < -0.39 is 0 Å². The molecule has 146 valence electrons. The van der Waals surface area contributed by atoms with Crippen molar-refractivity contribution in [2.24, 2.45) is 7.05 Å². The van der Waals surface area contributed by atoms with Crippen LogP contribution in [0.2, 0.25) is 0 Å². The van der Waals surface area contributed by atoms with Crippen molar-refractivity contribution in [2.45, 2.75) is 25.0 Å². The Morgan fingerprint density at radius 2 is 2.10 bits per heavy atom. The van der Waals surface area contributed by atoms with Gasteiger partial charge in [-0.3, -0.25) is 4.79 Å². The number of nitrogens with zero attached hydrogens (tertiary/aromatic N) is 5. The maximum Gasteiger partial charge on any atom is 0.191 e. The topological polar surface area (TPSA) is 89.6 Å². The van der Waals surface area contributed by atoms with Crippen molar-refractivity contribution in [1.29, 1.82) is 5.26 Å². The number of aromatic nitrogens is 4. The number of carbonyl (C=O) groups excluding carboxylic acids is 1. The third kappa shape index (κ3) is 3.57. The van der Waals surface area contributed by atoms with Gasteiger partial charge in [-0.25, -0.2) is 0 Å². The number of para-hydroxylation sites is 1. The van der Waals surface area contributed by atoms with Gasteiger partial charge < -0.3 is 13.6 Å². The Morgan fingerprint density at radius 1 is 1.28 bits per heavy atom. The molecule has 0 saturated carbocycles. The second-order valence-electron chi connectivity index (χ2n) is 6.63. The monoisotopic (exact) mass is 405 g/mol. The highest BCUT2D eigenvalue weighted by molar-refractivity contribution is 7.99. The smallest absolute Gasteiger partial charge is 0.191 e. The quantitative estimate of drug-likeness (QED) is 0.338. The molecular weight excluding hydrogens is 386 g/mol. The van der Waals surface area contributed by atoms with E-state index in [4.69, 9.17) is 9.68 Å². The molecule has 7 nitrogen and oxygen atoms in total. The highest BCUT2D eigenvalue weighted by atomic mass is 32.2. The first kappa shape index (κ1) is 19.0. The van der Waals surface area contributed by atoms with Gasteiger partial charge in [-0.2, -0.15) is 5.26 Å². The Bertz CT molecular complexity index is 1230. The molecule has 0 saturated heterocycles. The summed E-state index contributed by atoms with van der Waals surface area (Å²) in [6, 6.07) is 11.8. The maximum absolute atomic E-state index is 12.9. The summed E-state index contributed by atoms with van der Waals surface area (Å²) in [7, 11) is 1.88. The van der Waals surface area contributed by atoms with Gasteiger partial charge in [0.2, 0.25) is 0 Å². The van der Waals surface area contributed by atoms with E-state index in [-0.39, 0.29) is 11.5 Å². The van der Waals surface area contributed by atoms with Gasteiger partial charge in [0.25, 0.3) is 0 Å². The molecule has 0 aliphatic rings. The van der Waals surface area contributed by atoms with Crippen LogP contribution in [0.1, 0.15) is 22.5 Å². The number of ketones is 1. The number of carbonyl (C=O) groups is 1. The molecule has 4 aromatic rings. The summed E-state index contributed by atoms with van der Waals surface area (Å²) in [6.07, 6.45) is 3.87. The zero-order valence-corrected chi connectivity index (χ0v) is 16.9. The van der Waals surface area contributed by atoms with Crippen LogP contribution in [0.4, 0.5) is 0 Å². The Labute approximate surface area is 171 Å². The normalized spacial score (nSPS) is 11.1. The van der Waals surface area contributed by atoms with Crippen LogP contribution in [0, 0.1) is 18.3 Å². The van der Waals surface area contributed by atoms with E-state index in [1.807, 2.05) is 59.6 Å². The highest BCUT2D eigenvalue weighted by Crippen LogP contribution is 2.28. The lowest BCUT2D eigenvalue weighted by Gasteiger charge is -2.03. The first-order valence-corrected chi connectivity index (χ1v) is 10.1. The summed E-state index contributed by atoms with van der Waals surface area (Å²) in [5.41, 5.74) is 2.52. The predicted octanol–water partition coefficient (Wildman–Crippen LogP) is 4.23. The second kappa shape index (κ2) is 7.97. The summed E-state index contributed by atoms with van der Waals surface area (Å²) in [4.78, 5) is 12.9. The largest absolute Gasteiger partial charge is 0.469 e. The molecule has 0 fully saturated rings. The van der Waals surface area contributed by atoms with Crippen molar-refractivity contribution < 1.29 is 9.21 Å². The molecule has 0 amide bonds. The number of thioether (sulfide) groups is 1. The van der Waals surface area contributed by atoms with Crippen LogP contribution < -0.4 is 0 Å². The zero-order valence-electron chi connectivity index (χ0n) is 16.1. The number of Topliss-reactive ketones (excluding diaryl/α,β-unsaturated/α-hetero) is 1.